The second kappa shape index (κ2) is 6.78. The van der Waals surface area contributed by atoms with Gasteiger partial charge >= 0.3 is 0 Å². The molecule has 0 aliphatic heterocycles. The number of nitrogens with one attached hydrogen (secondary N) is 1. The smallest absolute Gasteiger partial charge is 0.254 e. The highest BCUT2D eigenvalue weighted by molar-refractivity contribution is 6.01. The van der Waals surface area contributed by atoms with Crippen LogP contribution in [0.15, 0.2) is 24.3 Å². The zero-order valence-electron chi connectivity index (χ0n) is 11.6. The first-order valence-electron chi connectivity index (χ1n) is 6.45. The predicted octanol–water partition coefficient (Wildman–Crippen LogP) is 1.26. The van der Waals surface area contributed by atoms with Crippen LogP contribution in [0.5, 0.6) is 0 Å². The Morgan fingerprint density at radius 2 is 1.84 bits per heavy atom. The summed E-state index contributed by atoms with van der Waals surface area (Å²) >= 11 is 0. The van der Waals surface area contributed by atoms with Crippen molar-refractivity contribution in [3.63, 3.8) is 0 Å². The van der Waals surface area contributed by atoms with Crippen LogP contribution in [-0.4, -0.2) is 35.8 Å². The summed E-state index contributed by atoms with van der Waals surface area (Å²) in [7, 11) is 0. The number of hydrogen-bond donors (Lipinski definition) is 2. The van der Waals surface area contributed by atoms with Crippen molar-refractivity contribution in [1.82, 2.24) is 10.2 Å². The number of carbonyl (C=O) groups excluding carboxylic acids is 2. The normalized spacial score (nSPS) is 11.7. The van der Waals surface area contributed by atoms with Crippen LogP contribution in [0, 0.1) is 0 Å². The molecule has 0 aliphatic carbocycles. The van der Waals surface area contributed by atoms with Crippen molar-refractivity contribution in [2.75, 3.05) is 18.8 Å². The predicted molar refractivity (Wildman–Crippen MR) is 75.7 cm³/mol. The van der Waals surface area contributed by atoms with E-state index in [2.05, 4.69) is 5.32 Å². The Morgan fingerprint density at radius 1 is 1.26 bits per heavy atom. The minimum Gasteiger partial charge on any atom is -0.398 e. The van der Waals surface area contributed by atoms with Crippen LogP contribution in [0.1, 0.15) is 31.1 Å². The summed E-state index contributed by atoms with van der Waals surface area (Å²) in [5.41, 5.74) is 6.52. The van der Waals surface area contributed by atoms with Gasteiger partial charge in [-0.25, -0.2) is 0 Å². The quantitative estimate of drug-likeness (QED) is 0.785. The van der Waals surface area contributed by atoms with Crippen LogP contribution in [0.25, 0.3) is 0 Å². The molecule has 0 heterocycles. The Labute approximate surface area is 113 Å². The molecule has 1 unspecified atom stereocenters. The Bertz CT molecular complexity index is 456. The van der Waals surface area contributed by atoms with Gasteiger partial charge in [-0.1, -0.05) is 12.1 Å². The number of nitrogen functional groups attached to an aromatic ring is 1. The van der Waals surface area contributed by atoms with Crippen molar-refractivity contribution < 1.29 is 9.59 Å². The lowest BCUT2D eigenvalue weighted by Crippen LogP contribution is -2.46. The van der Waals surface area contributed by atoms with Crippen LogP contribution < -0.4 is 11.1 Å². The molecule has 5 nitrogen and oxygen atoms in total. The molecule has 19 heavy (non-hydrogen) atoms. The van der Waals surface area contributed by atoms with Gasteiger partial charge < -0.3 is 16.0 Å². The highest BCUT2D eigenvalue weighted by Gasteiger charge is 2.21. The summed E-state index contributed by atoms with van der Waals surface area (Å²) < 4.78 is 0. The fourth-order valence-corrected chi connectivity index (χ4v) is 1.85. The molecule has 5 heteroatoms. The molecule has 104 valence electrons. The zero-order valence-corrected chi connectivity index (χ0v) is 11.6. The molecule has 0 bridgehead atoms. The topological polar surface area (TPSA) is 75.4 Å². The highest BCUT2D eigenvalue weighted by atomic mass is 16.2. The maximum absolute atomic E-state index is 12.0. The Morgan fingerprint density at radius 3 is 2.37 bits per heavy atom. The van der Waals surface area contributed by atoms with Crippen molar-refractivity contribution >= 4 is 17.5 Å². The molecule has 1 aromatic rings. The molecule has 0 spiro atoms. The summed E-state index contributed by atoms with van der Waals surface area (Å²) in [6.07, 6.45) is 0. The van der Waals surface area contributed by atoms with E-state index in [1.807, 2.05) is 13.8 Å². The van der Waals surface area contributed by atoms with Crippen molar-refractivity contribution in [2.24, 2.45) is 0 Å². The van der Waals surface area contributed by atoms with Crippen LogP contribution in [0.3, 0.4) is 0 Å². The number of rotatable bonds is 5. The fourth-order valence-electron chi connectivity index (χ4n) is 1.85. The van der Waals surface area contributed by atoms with E-state index in [0.717, 1.165) is 0 Å². The molecule has 0 saturated heterocycles. The third-order valence-electron chi connectivity index (χ3n) is 3.00. The molecule has 0 fully saturated rings. The number of nitrogens with two attached hydrogens (primary N) is 1. The van der Waals surface area contributed by atoms with Crippen molar-refractivity contribution in [3.8, 4) is 0 Å². The summed E-state index contributed by atoms with van der Waals surface area (Å²) in [6, 6.07) is 6.23. The van der Waals surface area contributed by atoms with E-state index in [1.54, 1.807) is 36.1 Å². The second-order valence-corrected chi connectivity index (χ2v) is 4.29. The van der Waals surface area contributed by atoms with Gasteiger partial charge in [-0.2, -0.15) is 0 Å². The van der Waals surface area contributed by atoms with Gasteiger partial charge in [0, 0.05) is 18.8 Å². The molecule has 3 N–H and O–H groups in total. The minimum atomic E-state index is -0.563. The average molecular weight is 263 g/mol. The van der Waals surface area contributed by atoms with E-state index in [1.165, 1.54) is 0 Å². The van der Waals surface area contributed by atoms with Crippen molar-refractivity contribution in [1.29, 1.82) is 0 Å². The lowest BCUT2D eigenvalue weighted by Gasteiger charge is -2.23. The molecule has 2 amide bonds. The van der Waals surface area contributed by atoms with Crippen molar-refractivity contribution in [2.45, 2.75) is 26.8 Å². The van der Waals surface area contributed by atoms with Gasteiger partial charge in [0.1, 0.15) is 6.04 Å². The summed E-state index contributed by atoms with van der Waals surface area (Å²) in [4.78, 5) is 25.7. The molecule has 1 atom stereocenters. The molecule has 1 rings (SSSR count). The Kier molecular flexibility index (Phi) is 5.36. The lowest BCUT2D eigenvalue weighted by atomic mass is 10.1. The van der Waals surface area contributed by atoms with Crippen LogP contribution in [-0.2, 0) is 4.79 Å². The molecule has 0 radical (unpaired) electrons. The molecule has 0 saturated carbocycles. The molecular formula is C14H21N3O2. The number of hydrogen-bond acceptors (Lipinski definition) is 3. The first-order chi connectivity index (χ1) is 9.01. The Balaban J connectivity index is 2.72. The molecule has 0 aromatic heterocycles. The standard InChI is InChI=1S/C14H21N3O2/c1-4-17(5-2)14(19)10(3)16-13(18)11-8-6-7-9-12(11)15/h6-10H,4-5,15H2,1-3H3,(H,16,18). The Hall–Kier alpha value is -2.04. The van der Waals surface area contributed by atoms with E-state index in [-0.39, 0.29) is 11.8 Å². The highest BCUT2D eigenvalue weighted by Crippen LogP contribution is 2.10. The van der Waals surface area contributed by atoms with Gasteiger partial charge in [0.05, 0.1) is 5.56 Å². The summed E-state index contributed by atoms with van der Waals surface area (Å²) in [5.74, 6) is -0.418. The minimum absolute atomic E-state index is 0.0900. The van der Waals surface area contributed by atoms with E-state index in [0.29, 0.717) is 24.3 Å². The largest absolute Gasteiger partial charge is 0.398 e. The first-order valence-corrected chi connectivity index (χ1v) is 6.45. The zero-order chi connectivity index (χ0) is 14.4. The van der Waals surface area contributed by atoms with Gasteiger partial charge in [0.15, 0.2) is 0 Å². The van der Waals surface area contributed by atoms with Crippen molar-refractivity contribution in [3.05, 3.63) is 29.8 Å². The fraction of sp³-hybridized carbons (Fsp3) is 0.429. The van der Waals surface area contributed by atoms with E-state index >= 15 is 0 Å². The van der Waals surface area contributed by atoms with Gasteiger partial charge in [0.25, 0.3) is 5.91 Å². The molecule has 0 aliphatic rings. The number of benzene rings is 1. The third kappa shape index (κ3) is 3.71. The average Bonchev–Trinajstić information content (AvgIpc) is 2.40. The molecular weight excluding hydrogens is 242 g/mol. The lowest BCUT2D eigenvalue weighted by molar-refractivity contribution is -0.132. The first kappa shape index (κ1) is 15.0. The maximum Gasteiger partial charge on any atom is 0.254 e. The number of para-hydroxylation sites is 1. The van der Waals surface area contributed by atoms with Crippen LogP contribution >= 0.6 is 0 Å². The maximum atomic E-state index is 12.0. The number of anilines is 1. The summed E-state index contributed by atoms with van der Waals surface area (Å²) in [5, 5.41) is 2.68. The van der Waals surface area contributed by atoms with Crippen LogP contribution in [0.2, 0.25) is 0 Å². The second-order valence-electron chi connectivity index (χ2n) is 4.29. The number of carbonyl (C=O) groups is 2. The molecule has 1 aromatic carbocycles. The monoisotopic (exact) mass is 263 g/mol. The number of likely N-dealkylation sites (N-methyl/N-ethyl adjacent to an activating group) is 1. The van der Waals surface area contributed by atoms with Crippen LogP contribution in [0.4, 0.5) is 5.69 Å². The van der Waals surface area contributed by atoms with Gasteiger partial charge in [-0.05, 0) is 32.9 Å². The van der Waals surface area contributed by atoms with Gasteiger partial charge in [-0.3, -0.25) is 9.59 Å². The number of nitrogens with zero attached hydrogens (tertiary/aromatic N) is 1. The number of amides is 2. The van der Waals surface area contributed by atoms with Gasteiger partial charge in [0.2, 0.25) is 5.91 Å². The van der Waals surface area contributed by atoms with E-state index in [4.69, 9.17) is 5.73 Å². The van der Waals surface area contributed by atoms with E-state index in [9.17, 15) is 9.59 Å². The SMILES string of the molecule is CCN(CC)C(=O)C(C)NC(=O)c1ccccc1N. The summed E-state index contributed by atoms with van der Waals surface area (Å²) in [6.45, 7) is 6.75. The van der Waals surface area contributed by atoms with Gasteiger partial charge in [-0.15, -0.1) is 0 Å². The van der Waals surface area contributed by atoms with E-state index < -0.39 is 6.04 Å². The third-order valence-corrected chi connectivity index (χ3v) is 3.00.